The van der Waals surface area contributed by atoms with Crippen LogP contribution in [0.25, 0.3) is 0 Å². The maximum atomic E-state index is 10.8. The molecule has 1 nitrogen and oxygen atoms in total. The van der Waals surface area contributed by atoms with Gasteiger partial charge in [-0.05, 0) is 49.0 Å². The second kappa shape index (κ2) is 3.21. The molecule has 0 spiro atoms. The van der Waals surface area contributed by atoms with Gasteiger partial charge in [-0.25, -0.2) is 0 Å². The first-order valence-corrected chi connectivity index (χ1v) is 5.95. The highest BCUT2D eigenvalue weighted by atomic mass is 16.3. The van der Waals surface area contributed by atoms with Crippen molar-refractivity contribution in [2.24, 2.45) is 17.3 Å². The summed E-state index contributed by atoms with van der Waals surface area (Å²) in [5.74, 6) is 1.20. The first-order chi connectivity index (χ1) is 6.96. The summed E-state index contributed by atoms with van der Waals surface area (Å²) in [5.41, 5.74) is 0.946. The SMILES string of the molecule is C=CCC1(O)/C(=C\C)CC2CC1C2(C)C. The molecule has 3 aliphatic carbocycles. The van der Waals surface area contributed by atoms with E-state index in [9.17, 15) is 5.11 Å². The van der Waals surface area contributed by atoms with Crippen molar-refractivity contribution < 1.29 is 5.11 Å². The molecular weight excluding hydrogens is 184 g/mol. The number of aliphatic hydroxyl groups is 1. The normalized spacial score (nSPS) is 44.9. The van der Waals surface area contributed by atoms with Gasteiger partial charge in [0.15, 0.2) is 0 Å². The summed E-state index contributed by atoms with van der Waals surface area (Å²) in [7, 11) is 0. The largest absolute Gasteiger partial charge is 0.385 e. The van der Waals surface area contributed by atoms with Crippen LogP contribution in [-0.2, 0) is 0 Å². The Hall–Kier alpha value is -0.560. The third kappa shape index (κ3) is 1.25. The quantitative estimate of drug-likeness (QED) is 0.687. The summed E-state index contributed by atoms with van der Waals surface area (Å²) in [6.07, 6.45) is 6.93. The van der Waals surface area contributed by atoms with Gasteiger partial charge in [0.1, 0.15) is 0 Å². The molecule has 3 rings (SSSR count). The molecule has 3 aliphatic rings. The zero-order valence-electron chi connectivity index (χ0n) is 10.1. The molecule has 3 fully saturated rings. The van der Waals surface area contributed by atoms with Crippen molar-refractivity contribution >= 4 is 0 Å². The maximum absolute atomic E-state index is 10.8. The van der Waals surface area contributed by atoms with Crippen LogP contribution in [0.3, 0.4) is 0 Å². The molecule has 0 radical (unpaired) electrons. The zero-order valence-corrected chi connectivity index (χ0v) is 10.1. The van der Waals surface area contributed by atoms with E-state index in [1.165, 1.54) is 12.0 Å². The molecule has 0 heterocycles. The highest BCUT2D eigenvalue weighted by molar-refractivity contribution is 5.30. The molecule has 0 saturated heterocycles. The van der Waals surface area contributed by atoms with E-state index in [1.54, 1.807) is 0 Å². The Morgan fingerprint density at radius 1 is 1.53 bits per heavy atom. The smallest absolute Gasteiger partial charge is 0.0924 e. The fourth-order valence-corrected chi connectivity index (χ4v) is 3.70. The standard InChI is InChI=1S/C14H22O/c1-5-7-14(15)10(6-2)8-11-9-12(14)13(11,3)4/h5-6,11-12,15H,1,7-9H2,2-4H3/b10-6-. The number of allylic oxidation sites excluding steroid dienone is 1. The molecule has 1 N–H and O–H groups in total. The topological polar surface area (TPSA) is 20.2 Å². The van der Waals surface area contributed by atoms with Crippen molar-refractivity contribution in [1.82, 2.24) is 0 Å². The van der Waals surface area contributed by atoms with Gasteiger partial charge < -0.3 is 5.11 Å². The predicted octanol–water partition coefficient (Wildman–Crippen LogP) is 3.31. The van der Waals surface area contributed by atoms with E-state index >= 15 is 0 Å². The lowest BCUT2D eigenvalue weighted by Gasteiger charge is -2.64. The van der Waals surface area contributed by atoms with Crippen LogP contribution in [0.15, 0.2) is 24.3 Å². The fraction of sp³-hybridized carbons (Fsp3) is 0.714. The average molecular weight is 206 g/mol. The molecular formula is C14H22O. The highest BCUT2D eigenvalue weighted by Gasteiger charge is 2.61. The van der Waals surface area contributed by atoms with Crippen LogP contribution < -0.4 is 0 Å². The molecule has 2 bridgehead atoms. The Labute approximate surface area is 92.9 Å². The zero-order chi connectivity index (χ0) is 11.3. The third-order valence-electron chi connectivity index (χ3n) is 4.87. The van der Waals surface area contributed by atoms with Gasteiger partial charge in [-0.15, -0.1) is 6.58 Å². The van der Waals surface area contributed by atoms with E-state index in [4.69, 9.17) is 0 Å². The fourth-order valence-electron chi connectivity index (χ4n) is 3.70. The van der Waals surface area contributed by atoms with E-state index in [0.717, 1.165) is 12.3 Å². The minimum atomic E-state index is -0.602. The Balaban J connectivity index is 2.35. The van der Waals surface area contributed by atoms with Gasteiger partial charge in [-0.1, -0.05) is 26.0 Å². The first kappa shape index (κ1) is 10.9. The van der Waals surface area contributed by atoms with Gasteiger partial charge in [0.05, 0.1) is 5.60 Å². The maximum Gasteiger partial charge on any atom is 0.0924 e. The van der Waals surface area contributed by atoms with Crippen molar-refractivity contribution in [3.63, 3.8) is 0 Å². The van der Waals surface area contributed by atoms with Gasteiger partial charge in [0, 0.05) is 0 Å². The molecule has 1 heteroatoms. The van der Waals surface area contributed by atoms with Crippen molar-refractivity contribution in [3.05, 3.63) is 24.3 Å². The highest BCUT2D eigenvalue weighted by Crippen LogP contribution is 2.65. The second-order valence-corrected chi connectivity index (χ2v) is 5.74. The van der Waals surface area contributed by atoms with Crippen LogP contribution in [0.5, 0.6) is 0 Å². The monoisotopic (exact) mass is 206 g/mol. The Morgan fingerprint density at radius 3 is 2.67 bits per heavy atom. The number of rotatable bonds is 2. The molecule has 0 aromatic heterocycles. The van der Waals surface area contributed by atoms with Gasteiger partial charge in [-0.2, -0.15) is 0 Å². The average Bonchev–Trinajstić information content (AvgIpc) is 2.17. The molecule has 3 atom stereocenters. The number of fused-ring (bicyclic) bond motifs is 2. The van der Waals surface area contributed by atoms with E-state index in [1.807, 2.05) is 13.0 Å². The Kier molecular flexibility index (Phi) is 2.34. The second-order valence-electron chi connectivity index (χ2n) is 5.74. The minimum absolute atomic E-state index is 0.310. The summed E-state index contributed by atoms with van der Waals surface area (Å²) in [6.45, 7) is 10.4. The van der Waals surface area contributed by atoms with E-state index in [-0.39, 0.29) is 0 Å². The van der Waals surface area contributed by atoms with Crippen molar-refractivity contribution in [2.75, 3.05) is 0 Å². The van der Waals surface area contributed by atoms with Crippen LogP contribution in [0, 0.1) is 17.3 Å². The molecule has 0 amide bonds. The van der Waals surface area contributed by atoms with Gasteiger partial charge >= 0.3 is 0 Å². The number of hydrogen-bond acceptors (Lipinski definition) is 1. The molecule has 0 aromatic carbocycles. The van der Waals surface area contributed by atoms with Gasteiger partial charge in [-0.3, -0.25) is 0 Å². The van der Waals surface area contributed by atoms with Crippen LogP contribution >= 0.6 is 0 Å². The number of hydrogen-bond donors (Lipinski definition) is 1. The lowest BCUT2D eigenvalue weighted by atomic mass is 9.42. The molecule has 0 aromatic rings. The van der Waals surface area contributed by atoms with E-state index < -0.39 is 5.60 Å². The first-order valence-electron chi connectivity index (χ1n) is 5.95. The Bertz CT molecular complexity index is 313. The third-order valence-corrected chi connectivity index (χ3v) is 4.87. The van der Waals surface area contributed by atoms with Crippen molar-refractivity contribution in [1.29, 1.82) is 0 Å². The van der Waals surface area contributed by atoms with Crippen molar-refractivity contribution in [2.45, 2.75) is 45.6 Å². The molecule has 84 valence electrons. The summed E-state index contributed by atoms with van der Waals surface area (Å²) in [6, 6.07) is 0. The predicted molar refractivity (Wildman–Crippen MR) is 63.5 cm³/mol. The summed E-state index contributed by atoms with van der Waals surface area (Å²) in [5, 5.41) is 10.8. The minimum Gasteiger partial charge on any atom is -0.385 e. The van der Waals surface area contributed by atoms with E-state index in [2.05, 4.69) is 26.5 Å². The van der Waals surface area contributed by atoms with Crippen LogP contribution in [0.2, 0.25) is 0 Å². The summed E-state index contributed by atoms with van der Waals surface area (Å²) in [4.78, 5) is 0. The van der Waals surface area contributed by atoms with E-state index in [0.29, 0.717) is 17.8 Å². The molecule has 3 unspecified atom stereocenters. The summed E-state index contributed by atoms with van der Waals surface area (Å²) >= 11 is 0. The molecule has 15 heavy (non-hydrogen) atoms. The van der Waals surface area contributed by atoms with Crippen LogP contribution in [0.4, 0.5) is 0 Å². The lowest BCUT2D eigenvalue weighted by molar-refractivity contribution is -0.167. The van der Waals surface area contributed by atoms with Crippen molar-refractivity contribution in [3.8, 4) is 0 Å². The Morgan fingerprint density at radius 2 is 2.20 bits per heavy atom. The molecule has 3 saturated carbocycles. The van der Waals surface area contributed by atoms with Gasteiger partial charge in [0.2, 0.25) is 0 Å². The lowest BCUT2D eigenvalue weighted by Crippen LogP contribution is -2.62. The summed E-state index contributed by atoms with van der Waals surface area (Å²) < 4.78 is 0. The van der Waals surface area contributed by atoms with Crippen LogP contribution in [-0.4, -0.2) is 10.7 Å². The van der Waals surface area contributed by atoms with Gasteiger partial charge in [0.25, 0.3) is 0 Å². The molecule has 0 aliphatic heterocycles. The van der Waals surface area contributed by atoms with Crippen LogP contribution in [0.1, 0.15) is 40.0 Å².